The van der Waals surface area contributed by atoms with Crippen molar-refractivity contribution in [2.24, 2.45) is 5.14 Å². The predicted molar refractivity (Wildman–Crippen MR) is 104 cm³/mol. The van der Waals surface area contributed by atoms with Crippen LogP contribution in [0.4, 0.5) is 5.69 Å². The highest BCUT2D eigenvalue weighted by Crippen LogP contribution is 2.16. The van der Waals surface area contributed by atoms with E-state index in [0.717, 1.165) is 0 Å². The van der Waals surface area contributed by atoms with Crippen LogP contribution < -0.4 is 10.5 Å². The van der Waals surface area contributed by atoms with E-state index in [9.17, 15) is 18.0 Å². The van der Waals surface area contributed by atoms with Crippen LogP contribution in [0.25, 0.3) is 11.1 Å². The molecule has 0 bridgehead atoms. The summed E-state index contributed by atoms with van der Waals surface area (Å²) < 4.78 is 33.1. The van der Waals surface area contributed by atoms with E-state index in [1.807, 2.05) is 18.2 Å². The van der Waals surface area contributed by atoms with E-state index in [1.54, 1.807) is 6.07 Å². The van der Waals surface area contributed by atoms with E-state index in [-0.39, 0.29) is 17.7 Å². The Balaban J connectivity index is 1.50. The number of hydrogen-bond donors (Lipinski definition) is 2. The number of sulfonamides is 1. The minimum absolute atomic E-state index is 0.00744. The molecule has 3 aromatic rings. The molecule has 0 aliphatic carbocycles. The first-order chi connectivity index (χ1) is 13.7. The molecule has 3 rings (SSSR count). The molecule has 0 aliphatic heterocycles. The van der Waals surface area contributed by atoms with Crippen LogP contribution in [0.1, 0.15) is 19.2 Å². The minimum atomic E-state index is -3.81. The summed E-state index contributed by atoms with van der Waals surface area (Å²) in [6.07, 6.45) is -0.784. The lowest BCUT2D eigenvalue weighted by atomic mass is 10.3. The molecule has 1 atom stereocenters. The van der Waals surface area contributed by atoms with Gasteiger partial charge in [-0.2, -0.15) is 0 Å². The number of carbonyl (C=O) groups excluding carboxylic acids is 2. The molecule has 1 aromatic heterocycles. The summed E-state index contributed by atoms with van der Waals surface area (Å²) in [5.74, 6) is -0.710. The molecule has 2 aromatic carbocycles. The van der Waals surface area contributed by atoms with Crippen molar-refractivity contribution in [1.82, 2.24) is 4.98 Å². The predicted octanol–water partition coefficient (Wildman–Crippen LogP) is 1.98. The Hall–Kier alpha value is -3.24. The largest absolute Gasteiger partial charge is 0.453 e. The normalized spacial score (nSPS) is 12.5. The molecule has 0 fully saturated rings. The van der Waals surface area contributed by atoms with Crippen LogP contribution in [-0.2, 0) is 30.8 Å². The molecular weight excluding hydrogens is 398 g/mol. The monoisotopic (exact) mass is 417 g/mol. The van der Waals surface area contributed by atoms with Crippen molar-refractivity contribution in [3.05, 3.63) is 54.4 Å². The van der Waals surface area contributed by atoms with Crippen molar-refractivity contribution < 1.29 is 27.2 Å². The molecule has 0 radical (unpaired) electrons. The minimum Gasteiger partial charge on any atom is -0.453 e. The van der Waals surface area contributed by atoms with E-state index in [2.05, 4.69) is 10.3 Å². The summed E-state index contributed by atoms with van der Waals surface area (Å²) in [7, 11) is -3.81. The number of hydrogen-bond acceptors (Lipinski definition) is 7. The second kappa shape index (κ2) is 8.41. The summed E-state index contributed by atoms with van der Waals surface area (Å²) in [6.45, 7) is 1.44. The van der Waals surface area contributed by atoms with Crippen molar-refractivity contribution in [2.75, 3.05) is 5.32 Å². The number of nitrogens with one attached hydrogen (secondary N) is 1. The van der Waals surface area contributed by atoms with Crippen molar-refractivity contribution in [3.8, 4) is 0 Å². The maximum absolute atomic E-state index is 12.2. The van der Waals surface area contributed by atoms with Gasteiger partial charge in [-0.1, -0.05) is 12.1 Å². The third-order valence-electron chi connectivity index (χ3n) is 4.01. The van der Waals surface area contributed by atoms with E-state index < -0.39 is 28.0 Å². The Morgan fingerprint density at radius 3 is 2.52 bits per heavy atom. The fourth-order valence-corrected chi connectivity index (χ4v) is 3.03. The van der Waals surface area contributed by atoms with Gasteiger partial charge in [-0.15, -0.1) is 0 Å². The van der Waals surface area contributed by atoms with E-state index in [4.69, 9.17) is 14.3 Å². The van der Waals surface area contributed by atoms with E-state index in [1.165, 1.54) is 31.2 Å². The number of benzene rings is 2. The Morgan fingerprint density at radius 1 is 1.17 bits per heavy atom. The highest BCUT2D eigenvalue weighted by Gasteiger charge is 2.19. The molecule has 1 heterocycles. The third-order valence-corrected chi connectivity index (χ3v) is 4.94. The Morgan fingerprint density at radius 2 is 1.86 bits per heavy atom. The summed E-state index contributed by atoms with van der Waals surface area (Å²) >= 11 is 0. The van der Waals surface area contributed by atoms with Crippen LogP contribution >= 0.6 is 0 Å². The quantitative estimate of drug-likeness (QED) is 0.560. The van der Waals surface area contributed by atoms with E-state index in [0.29, 0.717) is 22.7 Å². The Bertz CT molecular complexity index is 1110. The van der Waals surface area contributed by atoms with Crippen LogP contribution in [-0.4, -0.2) is 31.4 Å². The molecule has 0 saturated heterocycles. The number of carbonyl (C=O) groups is 2. The first kappa shape index (κ1) is 20.5. The van der Waals surface area contributed by atoms with Crippen LogP contribution in [0.15, 0.2) is 57.8 Å². The topological polar surface area (TPSA) is 142 Å². The van der Waals surface area contributed by atoms with Gasteiger partial charge in [0.1, 0.15) is 5.52 Å². The maximum Gasteiger partial charge on any atom is 0.307 e. The van der Waals surface area contributed by atoms with E-state index >= 15 is 0 Å². The molecule has 0 aliphatic rings. The molecule has 152 valence electrons. The van der Waals surface area contributed by atoms with Gasteiger partial charge in [0.25, 0.3) is 5.91 Å². The number of amides is 1. The lowest BCUT2D eigenvalue weighted by Crippen LogP contribution is -2.30. The molecule has 1 amide bonds. The Labute approximate surface area is 166 Å². The van der Waals surface area contributed by atoms with Gasteiger partial charge in [0.05, 0.1) is 11.3 Å². The average Bonchev–Trinajstić information content (AvgIpc) is 3.09. The fraction of sp³-hybridized carbons (Fsp3) is 0.211. The molecule has 10 heteroatoms. The first-order valence-electron chi connectivity index (χ1n) is 8.70. The highest BCUT2D eigenvalue weighted by molar-refractivity contribution is 7.89. The zero-order chi connectivity index (χ0) is 21.0. The summed E-state index contributed by atoms with van der Waals surface area (Å²) in [5.41, 5.74) is 1.69. The third kappa shape index (κ3) is 5.39. The lowest BCUT2D eigenvalue weighted by Gasteiger charge is -2.13. The average molecular weight is 417 g/mol. The number of rotatable bonds is 7. The van der Waals surface area contributed by atoms with Crippen molar-refractivity contribution in [2.45, 2.75) is 30.8 Å². The van der Waals surface area contributed by atoms with Gasteiger partial charge in [0, 0.05) is 12.1 Å². The number of oxazole rings is 1. The molecule has 3 N–H and O–H groups in total. The molecule has 0 unspecified atom stereocenters. The van der Waals surface area contributed by atoms with Gasteiger partial charge in [-0.05, 0) is 43.3 Å². The van der Waals surface area contributed by atoms with Crippen molar-refractivity contribution in [3.63, 3.8) is 0 Å². The Kier molecular flexibility index (Phi) is 5.95. The number of anilines is 1. The molecular formula is C19H19N3O6S. The number of ether oxygens (including phenoxy) is 1. The van der Waals surface area contributed by atoms with Gasteiger partial charge in [0.15, 0.2) is 17.6 Å². The smallest absolute Gasteiger partial charge is 0.307 e. The zero-order valence-corrected chi connectivity index (χ0v) is 16.3. The van der Waals surface area contributed by atoms with Crippen molar-refractivity contribution in [1.29, 1.82) is 0 Å². The molecule has 9 nitrogen and oxygen atoms in total. The second-order valence-electron chi connectivity index (χ2n) is 6.27. The number of fused-ring (bicyclic) bond motifs is 1. The van der Waals surface area contributed by atoms with Crippen LogP contribution in [0, 0.1) is 0 Å². The van der Waals surface area contributed by atoms with Crippen molar-refractivity contribution >= 4 is 38.7 Å². The number of para-hydroxylation sites is 2. The molecule has 0 spiro atoms. The van der Waals surface area contributed by atoms with Gasteiger partial charge in [-0.3, -0.25) is 9.59 Å². The second-order valence-corrected chi connectivity index (χ2v) is 7.83. The number of esters is 1. The van der Waals surface area contributed by atoms with Gasteiger partial charge >= 0.3 is 5.97 Å². The number of aromatic nitrogens is 1. The standard InChI is InChI=1S/C19H19N3O6S/c1-12(19(24)21-13-6-8-14(9-7-13)29(20,25)26)27-18(23)11-10-17-22-15-4-2-3-5-16(15)28-17/h2-9,12H,10-11H2,1H3,(H,21,24)(H2,20,25,26)/t12-/m1/s1. The van der Waals surface area contributed by atoms with Gasteiger partial charge in [-0.25, -0.2) is 18.5 Å². The summed E-state index contributed by atoms with van der Waals surface area (Å²) in [4.78, 5) is 28.4. The highest BCUT2D eigenvalue weighted by atomic mass is 32.2. The number of aryl methyl sites for hydroxylation is 1. The lowest BCUT2D eigenvalue weighted by molar-refractivity contribution is -0.153. The number of nitrogens with two attached hydrogens (primary N) is 1. The van der Waals surface area contributed by atoms with Crippen LogP contribution in [0.3, 0.4) is 0 Å². The van der Waals surface area contributed by atoms with Crippen LogP contribution in [0.2, 0.25) is 0 Å². The summed E-state index contributed by atoms with van der Waals surface area (Å²) in [6, 6.07) is 12.6. The summed E-state index contributed by atoms with van der Waals surface area (Å²) in [5, 5.41) is 7.55. The van der Waals surface area contributed by atoms with Crippen LogP contribution in [0.5, 0.6) is 0 Å². The molecule has 0 saturated carbocycles. The fourth-order valence-electron chi connectivity index (χ4n) is 2.52. The van der Waals surface area contributed by atoms with Gasteiger partial charge in [0.2, 0.25) is 10.0 Å². The maximum atomic E-state index is 12.2. The molecule has 29 heavy (non-hydrogen) atoms. The first-order valence-corrected chi connectivity index (χ1v) is 10.2. The SMILES string of the molecule is C[C@@H](OC(=O)CCc1nc2ccccc2o1)C(=O)Nc1ccc(S(N)(=O)=O)cc1. The number of nitrogens with zero attached hydrogens (tertiary/aromatic N) is 1. The number of primary sulfonamides is 1. The zero-order valence-electron chi connectivity index (χ0n) is 15.5. The van der Waals surface area contributed by atoms with Gasteiger partial charge < -0.3 is 14.5 Å².